The molecule has 2 amide bonds. The molecule has 0 aromatic carbocycles. The number of amides is 2. The van der Waals surface area contributed by atoms with Crippen LogP contribution < -0.4 is 5.32 Å². The van der Waals surface area contributed by atoms with Gasteiger partial charge in [-0.25, -0.2) is 0 Å². The average molecular weight is 302 g/mol. The average Bonchev–Trinajstić information content (AvgIpc) is 2.44. The Balaban J connectivity index is 2.25. The van der Waals surface area contributed by atoms with E-state index < -0.39 is 6.04 Å². The van der Waals surface area contributed by atoms with Crippen molar-refractivity contribution < 1.29 is 23.8 Å². The fourth-order valence-electron chi connectivity index (χ4n) is 2.22. The van der Waals surface area contributed by atoms with Crippen molar-refractivity contribution in [2.75, 3.05) is 53.2 Å². The molecule has 1 saturated heterocycles. The van der Waals surface area contributed by atoms with E-state index in [0.29, 0.717) is 39.6 Å². The molecule has 1 fully saturated rings. The van der Waals surface area contributed by atoms with Crippen LogP contribution in [0.3, 0.4) is 0 Å². The summed E-state index contributed by atoms with van der Waals surface area (Å²) in [6.45, 7) is 6.81. The lowest BCUT2D eigenvalue weighted by Crippen LogP contribution is -2.60. The predicted octanol–water partition coefficient (Wildman–Crippen LogP) is -0.351. The van der Waals surface area contributed by atoms with Crippen molar-refractivity contribution in [3.63, 3.8) is 0 Å². The van der Waals surface area contributed by atoms with Crippen LogP contribution in [0.25, 0.3) is 0 Å². The molecule has 1 rings (SSSR count). The van der Waals surface area contributed by atoms with Gasteiger partial charge < -0.3 is 24.4 Å². The molecule has 0 aliphatic carbocycles. The second kappa shape index (κ2) is 9.70. The Morgan fingerprint density at radius 1 is 1.14 bits per heavy atom. The molecule has 7 heteroatoms. The summed E-state index contributed by atoms with van der Waals surface area (Å²) in [6.07, 6.45) is 0. The number of carbonyl (C=O) groups is 2. The standard InChI is InChI=1S/C14H26N2O5/c1-11(2)13-14(18)15-10-12(17)16(13)4-5-20-8-9-21-7-6-19-3/h11,13H,4-10H2,1-3H3,(H,15,18). The summed E-state index contributed by atoms with van der Waals surface area (Å²) in [5.41, 5.74) is 0. The maximum absolute atomic E-state index is 11.9. The van der Waals surface area contributed by atoms with Crippen LogP contribution in [-0.2, 0) is 23.8 Å². The molecule has 122 valence electrons. The first-order valence-corrected chi connectivity index (χ1v) is 7.29. The molecule has 1 aliphatic rings. The summed E-state index contributed by atoms with van der Waals surface area (Å²) in [4.78, 5) is 25.4. The molecule has 0 aromatic heterocycles. The summed E-state index contributed by atoms with van der Waals surface area (Å²) in [7, 11) is 1.62. The molecule has 1 unspecified atom stereocenters. The number of nitrogens with one attached hydrogen (secondary N) is 1. The molecule has 1 heterocycles. The van der Waals surface area contributed by atoms with Gasteiger partial charge in [0.15, 0.2) is 0 Å². The summed E-state index contributed by atoms with van der Waals surface area (Å²) < 4.78 is 15.6. The van der Waals surface area contributed by atoms with Gasteiger partial charge in [0.05, 0.1) is 39.6 Å². The summed E-state index contributed by atoms with van der Waals surface area (Å²) in [5, 5.41) is 2.62. The molecular weight excluding hydrogens is 276 g/mol. The van der Waals surface area contributed by atoms with Crippen LogP contribution in [0.2, 0.25) is 0 Å². The quantitative estimate of drug-likeness (QED) is 0.558. The third-order valence-electron chi connectivity index (χ3n) is 3.25. The molecule has 0 saturated carbocycles. The van der Waals surface area contributed by atoms with Crippen molar-refractivity contribution in [1.29, 1.82) is 0 Å². The highest BCUT2D eigenvalue weighted by molar-refractivity contribution is 5.94. The van der Waals surface area contributed by atoms with Gasteiger partial charge in [0.25, 0.3) is 0 Å². The minimum absolute atomic E-state index is 0.0618. The van der Waals surface area contributed by atoms with Crippen molar-refractivity contribution in [1.82, 2.24) is 10.2 Å². The van der Waals surface area contributed by atoms with Gasteiger partial charge in [-0.3, -0.25) is 9.59 Å². The second-order valence-electron chi connectivity index (χ2n) is 5.21. The van der Waals surface area contributed by atoms with Crippen LogP contribution in [-0.4, -0.2) is 76.0 Å². The van der Waals surface area contributed by atoms with Crippen LogP contribution in [0.15, 0.2) is 0 Å². The molecule has 7 nitrogen and oxygen atoms in total. The first-order valence-electron chi connectivity index (χ1n) is 7.29. The van der Waals surface area contributed by atoms with Crippen LogP contribution >= 0.6 is 0 Å². The fraction of sp³-hybridized carbons (Fsp3) is 0.857. The number of piperazine rings is 1. The summed E-state index contributed by atoms with van der Waals surface area (Å²) in [6, 6.07) is -0.409. The van der Waals surface area contributed by atoms with E-state index in [1.54, 1.807) is 12.0 Å². The lowest BCUT2D eigenvalue weighted by atomic mass is 9.99. The highest BCUT2D eigenvalue weighted by Gasteiger charge is 2.35. The summed E-state index contributed by atoms with van der Waals surface area (Å²) >= 11 is 0. The summed E-state index contributed by atoms with van der Waals surface area (Å²) in [5.74, 6) is -0.0765. The van der Waals surface area contributed by atoms with Gasteiger partial charge in [-0.05, 0) is 5.92 Å². The van der Waals surface area contributed by atoms with Crippen LogP contribution in [0.5, 0.6) is 0 Å². The zero-order valence-electron chi connectivity index (χ0n) is 13.1. The Hall–Kier alpha value is -1.18. The first kappa shape index (κ1) is 17.9. The van der Waals surface area contributed by atoms with Gasteiger partial charge in [-0.1, -0.05) is 13.8 Å². The number of nitrogens with zero attached hydrogens (tertiary/aromatic N) is 1. The van der Waals surface area contributed by atoms with E-state index in [4.69, 9.17) is 14.2 Å². The van der Waals surface area contributed by atoms with Gasteiger partial charge in [0, 0.05) is 13.7 Å². The third kappa shape index (κ3) is 5.99. The van der Waals surface area contributed by atoms with Gasteiger partial charge >= 0.3 is 0 Å². The van der Waals surface area contributed by atoms with E-state index in [0.717, 1.165) is 0 Å². The minimum Gasteiger partial charge on any atom is -0.382 e. The lowest BCUT2D eigenvalue weighted by molar-refractivity contribution is -0.148. The monoisotopic (exact) mass is 302 g/mol. The van der Waals surface area contributed by atoms with Crippen molar-refractivity contribution >= 4 is 11.8 Å². The SMILES string of the molecule is COCCOCCOCCN1C(=O)CNC(=O)C1C(C)C. The van der Waals surface area contributed by atoms with E-state index in [1.807, 2.05) is 13.8 Å². The van der Waals surface area contributed by atoms with Gasteiger partial charge in [-0.15, -0.1) is 0 Å². The number of rotatable bonds is 10. The van der Waals surface area contributed by atoms with Crippen molar-refractivity contribution in [2.45, 2.75) is 19.9 Å². The van der Waals surface area contributed by atoms with E-state index >= 15 is 0 Å². The molecule has 1 N–H and O–H groups in total. The normalized spacial score (nSPS) is 19.2. The van der Waals surface area contributed by atoms with Crippen molar-refractivity contribution in [3.8, 4) is 0 Å². The van der Waals surface area contributed by atoms with Crippen LogP contribution in [0, 0.1) is 5.92 Å². The van der Waals surface area contributed by atoms with E-state index in [1.165, 1.54) is 0 Å². The number of ether oxygens (including phenoxy) is 3. The maximum atomic E-state index is 11.9. The number of carbonyl (C=O) groups excluding carboxylic acids is 2. The highest BCUT2D eigenvalue weighted by Crippen LogP contribution is 2.14. The molecule has 0 spiro atoms. The zero-order chi connectivity index (χ0) is 15.7. The first-order chi connectivity index (χ1) is 10.1. The number of hydrogen-bond donors (Lipinski definition) is 1. The second-order valence-corrected chi connectivity index (χ2v) is 5.21. The topological polar surface area (TPSA) is 77.1 Å². The molecule has 1 aliphatic heterocycles. The Kier molecular flexibility index (Phi) is 8.26. The predicted molar refractivity (Wildman–Crippen MR) is 76.9 cm³/mol. The van der Waals surface area contributed by atoms with Crippen molar-refractivity contribution in [3.05, 3.63) is 0 Å². The number of hydrogen-bond acceptors (Lipinski definition) is 5. The van der Waals surface area contributed by atoms with Crippen LogP contribution in [0.4, 0.5) is 0 Å². The Morgan fingerprint density at radius 3 is 2.38 bits per heavy atom. The molecule has 0 bridgehead atoms. The molecule has 21 heavy (non-hydrogen) atoms. The zero-order valence-corrected chi connectivity index (χ0v) is 13.1. The van der Waals surface area contributed by atoms with E-state index in [9.17, 15) is 9.59 Å². The molecule has 0 radical (unpaired) electrons. The number of methoxy groups -OCH3 is 1. The lowest BCUT2D eigenvalue weighted by Gasteiger charge is -2.37. The minimum atomic E-state index is -0.409. The maximum Gasteiger partial charge on any atom is 0.243 e. The van der Waals surface area contributed by atoms with Gasteiger partial charge in [-0.2, -0.15) is 0 Å². The van der Waals surface area contributed by atoms with Gasteiger partial charge in [0.2, 0.25) is 11.8 Å². The third-order valence-corrected chi connectivity index (χ3v) is 3.25. The Bertz CT molecular complexity index is 335. The Morgan fingerprint density at radius 2 is 1.76 bits per heavy atom. The smallest absolute Gasteiger partial charge is 0.243 e. The molecule has 0 aromatic rings. The molecular formula is C14H26N2O5. The molecule has 1 atom stereocenters. The van der Waals surface area contributed by atoms with Gasteiger partial charge in [0.1, 0.15) is 6.04 Å². The van der Waals surface area contributed by atoms with E-state index in [2.05, 4.69) is 5.32 Å². The Labute approximate surface area is 125 Å². The largest absolute Gasteiger partial charge is 0.382 e. The van der Waals surface area contributed by atoms with Crippen molar-refractivity contribution in [2.24, 2.45) is 5.92 Å². The fourth-order valence-corrected chi connectivity index (χ4v) is 2.22. The van der Waals surface area contributed by atoms with Crippen LogP contribution in [0.1, 0.15) is 13.8 Å². The van der Waals surface area contributed by atoms with E-state index in [-0.39, 0.29) is 24.3 Å². The highest BCUT2D eigenvalue weighted by atomic mass is 16.5.